The molecule has 1 aliphatic heterocycles. The van der Waals surface area contributed by atoms with E-state index >= 15 is 0 Å². The van der Waals surface area contributed by atoms with Crippen LogP contribution in [0.3, 0.4) is 0 Å². The van der Waals surface area contributed by atoms with Crippen LogP contribution < -0.4 is 10.6 Å². The number of amides is 2. The predicted octanol–water partition coefficient (Wildman–Crippen LogP) is 3.30. The maximum absolute atomic E-state index is 14.6. The lowest BCUT2D eigenvalue weighted by atomic mass is 9.85. The molecule has 2 aromatic rings. The van der Waals surface area contributed by atoms with Crippen molar-refractivity contribution in [3.8, 4) is 11.3 Å². The lowest BCUT2D eigenvalue weighted by molar-refractivity contribution is -0.123. The number of fused-ring (bicyclic) bond motifs is 1. The molecular formula is C22H28FN5O2. The number of rotatable bonds is 4. The second-order valence-electron chi connectivity index (χ2n) is 9.29. The fourth-order valence-electron chi connectivity index (χ4n) is 4.64. The molecule has 1 saturated carbocycles. The first-order chi connectivity index (χ1) is 14.2. The number of imidazole rings is 1. The van der Waals surface area contributed by atoms with Crippen LogP contribution in [-0.4, -0.2) is 32.4 Å². The number of hydrogen-bond acceptors (Lipinski definition) is 4. The fraction of sp³-hybridized carbons (Fsp3) is 0.545. The Morgan fingerprint density at radius 2 is 2.03 bits per heavy atom. The standard InChI is InChI=1S/C22H28FN5O2/c1-13(29)26-15-6-4-5-14(7-15)21(30)27-19-8-16(17(23)10-24-19)18-11-25-20-9-22(2,3)12-28(18)20/h8,10-11,14-15H,4-7,9,12H2,1-3H3,(H,26,29)(H,24,27,30)/t14-,15?/m1/s1. The Morgan fingerprint density at radius 1 is 1.23 bits per heavy atom. The highest BCUT2D eigenvalue weighted by Gasteiger charge is 2.32. The van der Waals surface area contributed by atoms with E-state index in [0.29, 0.717) is 23.5 Å². The third kappa shape index (κ3) is 4.22. The smallest absolute Gasteiger partial charge is 0.228 e. The van der Waals surface area contributed by atoms with Gasteiger partial charge < -0.3 is 15.2 Å². The summed E-state index contributed by atoms with van der Waals surface area (Å²) in [4.78, 5) is 32.6. The summed E-state index contributed by atoms with van der Waals surface area (Å²) in [7, 11) is 0. The maximum atomic E-state index is 14.6. The topological polar surface area (TPSA) is 88.9 Å². The Labute approximate surface area is 175 Å². The van der Waals surface area contributed by atoms with Crippen molar-refractivity contribution >= 4 is 17.6 Å². The predicted molar refractivity (Wildman–Crippen MR) is 111 cm³/mol. The Balaban J connectivity index is 1.51. The molecule has 160 valence electrons. The highest BCUT2D eigenvalue weighted by atomic mass is 19.1. The Morgan fingerprint density at radius 3 is 2.80 bits per heavy atom. The Kier molecular flexibility index (Phi) is 5.34. The number of carbonyl (C=O) groups excluding carboxylic acids is 2. The van der Waals surface area contributed by atoms with Crippen LogP contribution >= 0.6 is 0 Å². The zero-order chi connectivity index (χ0) is 21.5. The van der Waals surface area contributed by atoms with Crippen LogP contribution in [0.5, 0.6) is 0 Å². The summed E-state index contributed by atoms with van der Waals surface area (Å²) in [5, 5.41) is 5.74. The Bertz CT molecular complexity index is 984. The summed E-state index contributed by atoms with van der Waals surface area (Å²) >= 11 is 0. The Hall–Kier alpha value is -2.77. The van der Waals surface area contributed by atoms with E-state index in [1.54, 1.807) is 12.3 Å². The van der Waals surface area contributed by atoms with Gasteiger partial charge in [0.1, 0.15) is 11.6 Å². The van der Waals surface area contributed by atoms with E-state index in [2.05, 4.69) is 34.4 Å². The van der Waals surface area contributed by atoms with E-state index in [1.807, 2.05) is 4.57 Å². The number of nitrogens with zero attached hydrogens (tertiary/aromatic N) is 3. The van der Waals surface area contributed by atoms with Gasteiger partial charge in [0.25, 0.3) is 0 Å². The number of carbonyl (C=O) groups is 2. The van der Waals surface area contributed by atoms with Gasteiger partial charge in [-0.15, -0.1) is 0 Å². The molecule has 0 radical (unpaired) electrons. The zero-order valence-electron chi connectivity index (χ0n) is 17.7. The van der Waals surface area contributed by atoms with Crippen LogP contribution in [0, 0.1) is 17.2 Å². The minimum absolute atomic E-state index is 0.0153. The molecule has 2 atom stereocenters. The van der Waals surface area contributed by atoms with Crippen molar-refractivity contribution in [1.29, 1.82) is 0 Å². The molecule has 2 amide bonds. The molecule has 1 fully saturated rings. The molecule has 8 heteroatoms. The van der Waals surface area contributed by atoms with Crippen LogP contribution in [0.4, 0.5) is 10.2 Å². The van der Waals surface area contributed by atoms with Gasteiger partial charge in [-0.25, -0.2) is 14.4 Å². The van der Waals surface area contributed by atoms with E-state index in [1.165, 1.54) is 6.92 Å². The number of halogens is 1. The molecule has 2 aliphatic rings. The first-order valence-electron chi connectivity index (χ1n) is 10.5. The summed E-state index contributed by atoms with van der Waals surface area (Å²) in [5.41, 5.74) is 1.18. The van der Waals surface area contributed by atoms with Crippen molar-refractivity contribution in [2.45, 2.75) is 65.5 Å². The molecule has 0 saturated heterocycles. The third-order valence-electron chi connectivity index (χ3n) is 6.00. The summed E-state index contributed by atoms with van der Waals surface area (Å²) in [5.74, 6) is 0.403. The van der Waals surface area contributed by atoms with Gasteiger partial charge >= 0.3 is 0 Å². The number of anilines is 1. The molecule has 0 bridgehead atoms. The van der Waals surface area contributed by atoms with Gasteiger partial charge in [0, 0.05) is 37.4 Å². The molecule has 3 heterocycles. The quantitative estimate of drug-likeness (QED) is 0.805. The molecule has 2 N–H and O–H groups in total. The van der Waals surface area contributed by atoms with Crippen molar-refractivity contribution in [3.63, 3.8) is 0 Å². The van der Waals surface area contributed by atoms with Crippen LogP contribution in [0.1, 0.15) is 52.3 Å². The lowest BCUT2D eigenvalue weighted by Crippen LogP contribution is -2.40. The highest BCUT2D eigenvalue weighted by Crippen LogP contribution is 2.36. The van der Waals surface area contributed by atoms with Gasteiger partial charge in [0.05, 0.1) is 18.1 Å². The molecule has 30 heavy (non-hydrogen) atoms. The minimum atomic E-state index is -0.441. The van der Waals surface area contributed by atoms with Crippen molar-refractivity contribution in [2.24, 2.45) is 11.3 Å². The fourth-order valence-corrected chi connectivity index (χ4v) is 4.64. The van der Waals surface area contributed by atoms with Crippen molar-refractivity contribution in [3.05, 3.63) is 30.1 Å². The van der Waals surface area contributed by atoms with E-state index in [9.17, 15) is 14.0 Å². The van der Waals surface area contributed by atoms with E-state index in [4.69, 9.17) is 0 Å². The summed E-state index contributed by atoms with van der Waals surface area (Å²) in [6.45, 7) is 6.59. The van der Waals surface area contributed by atoms with E-state index < -0.39 is 5.82 Å². The van der Waals surface area contributed by atoms with Gasteiger partial charge in [-0.05, 0) is 30.7 Å². The summed E-state index contributed by atoms with van der Waals surface area (Å²) < 4.78 is 16.6. The third-order valence-corrected chi connectivity index (χ3v) is 6.00. The monoisotopic (exact) mass is 413 g/mol. The largest absolute Gasteiger partial charge is 0.354 e. The molecule has 0 aromatic carbocycles. The molecule has 4 rings (SSSR count). The average Bonchev–Trinajstić information content (AvgIpc) is 3.18. The maximum Gasteiger partial charge on any atom is 0.228 e. The summed E-state index contributed by atoms with van der Waals surface area (Å²) in [6, 6.07) is 1.60. The zero-order valence-corrected chi connectivity index (χ0v) is 17.7. The van der Waals surface area contributed by atoms with Gasteiger partial charge in [-0.2, -0.15) is 0 Å². The van der Waals surface area contributed by atoms with Crippen molar-refractivity contribution in [2.75, 3.05) is 5.32 Å². The number of pyridine rings is 1. The van der Waals surface area contributed by atoms with Gasteiger partial charge in [-0.3, -0.25) is 9.59 Å². The minimum Gasteiger partial charge on any atom is -0.354 e. The number of hydrogen-bond donors (Lipinski definition) is 2. The molecule has 0 spiro atoms. The van der Waals surface area contributed by atoms with E-state index in [0.717, 1.165) is 44.2 Å². The molecule has 1 unspecified atom stereocenters. The van der Waals surface area contributed by atoms with Crippen LogP contribution in [0.15, 0.2) is 18.5 Å². The first-order valence-corrected chi connectivity index (χ1v) is 10.5. The van der Waals surface area contributed by atoms with Crippen molar-refractivity contribution in [1.82, 2.24) is 19.9 Å². The lowest BCUT2D eigenvalue weighted by Gasteiger charge is -2.28. The van der Waals surface area contributed by atoms with Gasteiger partial charge in [0.2, 0.25) is 11.8 Å². The second kappa shape index (κ2) is 7.81. The van der Waals surface area contributed by atoms with Crippen LogP contribution in [0.2, 0.25) is 0 Å². The SMILES string of the molecule is CC(=O)NC1CCC[C@@H](C(=O)Nc2cc(-c3cnc4n3CC(C)(C)C4)c(F)cn2)C1. The number of aromatic nitrogens is 3. The molecule has 2 aromatic heterocycles. The molecule has 7 nitrogen and oxygen atoms in total. The van der Waals surface area contributed by atoms with E-state index in [-0.39, 0.29) is 29.2 Å². The van der Waals surface area contributed by atoms with Crippen LogP contribution in [0.25, 0.3) is 11.3 Å². The molecule has 1 aliphatic carbocycles. The number of nitrogens with one attached hydrogen (secondary N) is 2. The normalized spacial score (nSPS) is 22.4. The van der Waals surface area contributed by atoms with Crippen molar-refractivity contribution < 1.29 is 14.0 Å². The van der Waals surface area contributed by atoms with Gasteiger partial charge in [-0.1, -0.05) is 20.3 Å². The average molecular weight is 413 g/mol. The first kappa shape index (κ1) is 20.5. The summed E-state index contributed by atoms with van der Waals surface area (Å²) in [6.07, 6.45) is 6.81. The highest BCUT2D eigenvalue weighted by molar-refractivity contribution is 5.92. The van der Waals surface area contributed by atoms with Gasteiger partial charge in [0.15, 0.2) is 5.82 Å². The van der Waals surface area contributed by atoms with Crippen LogP contribution in [-0.2, 0) is 22.6 Å². The molecular weight excluding hydrogens is 385 g/mol. The second-order valence-corrected chi connectivity index (χ2v) is 9.29.